The quantitative estimate of drug-likeness (QED) is 0.834. The van der Waals surface area contributed by atoms with Crippen LogP contribution < -0.4 is 9.80 Å². The summed E-state index contributed by atoms with van der Waals surface area (Å²) in [6.07, 6.45) is -0.681. The number of rotatable bonds is 2. The van der Waals surface area contributed by atoms with Crippen LogP contribution >= 0.6 is 11.6 Å². The number of aryl methyl sites for hydroxylation is 1. The van der Waals surface area contributed by atoms with E-state index in [1.807, 2.05) is 19.1 Å². The van der Waals surface area contributed by atoms with Crippen LogP contribution in [-0.2, 0) is 4.74 Å². The van der Waals surface area contributed by atoms with Crippen molar-refractivity contribution in [2.75, 3.05) is 16.5 Å². The lowest BCUT2D eigenvalue weighted by molar-refractivity contribution is 0.144. The average Bonchev–Trinajstić information content (AvgIpc) is 2.51. The highest BCUT2D eigenvalue weighted by Crippen LogP contribution is 2.26. The first-order chi connectivity index (χ1) is 10.6. The smallest absolute Gasteiger partial charge is 0.424 e. The van der Waals surface area contributed by atoms with Crippen molar-refractivity contribution in [2.45, 2.75) is 6.92 Å². The lowest BCUT2D eigenvalue weighted by atomic mass is 10.2. The molecule has 0 atom stereocenters. The van der Waals surface area contributed by atoms with Crippen molar-refractivity contribution in [3.8, 4) is 0 Å². The number of ether oxygens (including phenoxy) is 1. The van der Waals surface area contributed by atoms with Crippen molar-refractivity contribution in [2.24, 2.45) is 0 Å². The average molecular weight is 317 g/mol. The van der Waals surface area contributed by atoms with Gasteiger partial charge in [0.15, 0.2) is 6.73 Å². The maximum Gasteiger partial charge on any atom is 0.424 e. The first-order valence-electron chi connectivity index (χ1n) is 6.67. The lowest BCUT2D eigenvalue weighted by Crippen LogP contribution is -2.53. The highest BCUT2D eigenvalue weighted by molar-refractivity contribution is 6.30. The Kier molecular flexibility index (Phi) is 3.73. The SMILES string of the molecule is Cc1ccc(N2C(=O)OCN(c3ccc(Cl)cc3)C2=O)cc1. The molecule has 1 heterocycles. The van der Waals surface area contributed by atoms with Crippen molar-refractivity contribution in [1.29, 1.82) is 0 Å². The molecule has 6 heteroatoms. The second kappa shape index (κ2) is 5.69. The molecular weight excluding hydrogens is 304 g/mol. The zero-order valence-electron chi connectivity index (χ0n) is 11.8. The number of halogens is 1. The maximum absolute atomic E-state index is 12.6. The molecule has 0 spiro atoms. The zero-order chi connectivity index (χ0) is 15.7. The largest absolute Gasteiger partial charge is 0.427 e. The fourth-order valence-electron chi connectivity index (χ4n) is 2.15. The van der Waals surface area contributed by atoms with Crippen LogP contribution in [0.2, 0.25) is 5.02 Å². The Balaban J connectivity index is 1.93. The second-order valence-corrected chi connectivity index (χ2v) is 5.33. The number of hydrogen-bond donors (Lipinski definition) is 0. The third kappa shape index (κ3) is 2.63. The zero-order valence-corrected chi connectivity index (χ0v) is 12.6. The molecule has 0 aromatic heterocycles. The number of imide groups is 1. The number of carbonyl (C=O) groups excluding carboxylic acids is 2. The van der Waals surface area contributed by atoms with Gasteiger partial charge in [0.2, 0.25) is 0 Å². The minimum atomic E-state index is -0.681. The molecule has 3 amide bonds. The maximum atomic E-state index is 12.6. The van der Waals surface area contributed by atoms with Gasteiger partial charge in [-0.05, 0) is 43.3 Å². The van der Waals surface area contributed by atoms with Gasteiger partial charge in [0.1, 0.15) is 0 Å². The summed E-state index contributed by atoms with van der Waals surface area (Å²) >= 11 is 5.85. The van der Waals surface area contributed by atoms with E-state index in [1.54, 1.807) is 36.4 Å². The Hall–Kier alpha value is -2.53. The fraction of sp³-hybridized carbons (Fsp3) is 0.125. The van der Waals surface area contributed by atoms with E-state index in [4.69, 9.17) is 16.3 Å². The van der Waals surface area contributed by atoms with Gasteiger partial charge < -0.3 is 4.74 Å². The molecule has 0 unspecified atom stereocenters. The van der Waals surface area contributed by atoms with E-state index in [0.717, 1.165) is 10.5 Å². The molecule has 22 heavy (non-hydrogen) atoms. The summed E-state index contributed by atoms with van der Waals surface area (Å²) in [5, 5.41) is 0.570. The van der Waals surface area contributed by atoms with Crippen LogP contribution in [0, 0.1) is 6.92 Å². The number of cyclic esters (lactones) is 1. The summed E-state index contributed by atoms with van der Waals surface area (Å²) in [5.74, 6) is 0. The predicted molar refractivity (Wildman–Crippen MR) is 84.3 cm³/mol. The molecule has 1 saturated heterocycles. The van der Waals surface area contributed by atoms with Crippen molar-refractivity contribution in [3.63, 3.8) is 0 Å². The minimum Gasteiger partial charge on any atom is -0.427 e. The molecule has 0 saturated carbocycles. The van der Waals surface area contributed by atoms with Crippen LogP contribution in [0.4, 0.5) is 21.0 Å². The molecule has 112 valence electrons. The van der Waals surface area contributed by atoms with E-state index in [-0.39, 0.29) is 6.73 Å². The molecule has 2 aromatic carbocycles. The van der Waals surface area contributed by atoms with Gasteiger partial charge >= 0.3 is 12.1 Å². The number of benzene rings is 2. The summed E-state index contributed by atoms with van der Waals surface area (Å²) in [5.41, 5.74) is 2.12. The number of urea groups is 1. The number of nitrogens with zero attached hydrogens (tertiary/aromatic N) is 2. The van der Waals surface area contributed by atoms with E-state index >= 15 is 0 Å². The predicted octanol–water partition coefficient (Wildman–Crippen LogP) is 4.19. The monoisotopic (exact) mass is 316 g/mol. The molecule has 1 aliphatic heterocycles. The Bertz CT molecular complexity index is 713. The van der Waals surface area contributed by atoms with Crippen LogP contribution in [0.5, 0.6) is 0 Å². The van der Waals surface area contributed by atoms with E-state index < -0.39 is 12.1 Å². The topological polar surface area (TPSA) is 49.9 Å². The van der Waals surface area contributed by atoms with Crippen LogP contribution in [0.1, 0.15) is 5.56 Å². The summed E-state index contributed by atoms with van der Waals surface area (Å²) in [6, 6.07) is 13.4. The Morgan fingerprint density at radius 2 is 1.55 bits per heavy atom. The number of anilines is 2. The van der Waals surface area contributed by atoms with Gasteiger partial charge in [-0.1, -0.05) is 29.3 Å². The van der Waals surface area contributed by atoms with Crippen molar-refractivity contribution in [1.82, 2.24) is 0 Å². The van der Waals surface area contributed by atoms with Crippen molar-refractivity contribution >= 4 is 35.1 Å². The van der Waals surface area contributed by atoms with Gasteiger partial charge in [0.05, 0.1) is 5.69 Å². The molecule has 1 fully saturated rings. The van der Waals surface area contributed by atoms with Gasteiger partial charge in [-0.25, -0.2) is 9.59 Å². The van der Waals surface area contributed by atoms with Crippen LogP contribution in [0.25, 0.3) is 0 Å². The Morgan fingerprint density at radius 3 is 2.18 bits per heavy atom. The summed E-state index contributed by atoms with van der Waals surface area (Å²) in [7, 11) is 0. The van der Waals surface area contributed by atoms with E-state index in [1.165, 1.54) is 4.90 Å². The first kappa shape index (κ1) is 14.4. The van der Waals surface area contributed by atoms with E-state index in [2.05, 4.69) is 0 Å². The normalized spacial score (nSPS) is 15.0. The summed E-state index contributed by atoms with van der Waals surface area (Å²) in [4.78, 5) is 27.0. The van der Waals surface area contributed by atoms with Gasteiger partial charge in [0, 0.05) is 10.7 Å². The number of amides is 3. The molecule has 3 rings (SSSR count). The molecular formula is C16H13ClN2O3. The standard InChI is InChI=1S/C16H13ClN2O3/c1-11-2-6-14(7-3-11)19-15(20)18(10-22-16(19)21)13-8-4-12(17)5-9-13/h2-9H,10H2,1H3. The summed E-state index contributed by atoms with van der Waals surface area (Å²) < 4.78 is 5.10. The molecule has 1 aliphatic rings. The van der Waals surface area contributed by atoms with Gasteiger partial charge in [-0.2, -0.15) is 4.90 Å². The molecule has 5 nitrogen and oxygen atoms in total. The Labute approximate surface area is 132 Å². The molecule has 0 radical (unpaired) electrons. The number of hydrogen-bond acceptors (Lipinski definition) is 3. The van der Waals surface area contributed by atoms with Gasteiger partial charge in [0.25, 0.3) is 0 Å². The highest BCUT2D eigenvalue weighted by atomic mass is 35.5. The van der Waals surface area contributed by atoms with Crippen molar-refractivity contribution in [3.05, 3.63) is 59.1 Å². The summed E-state index contributed by atoms with van der Waals surface area (Å²) in [6.45, 7) is 1.81. The fourth-order valence-corrected chi connectivity index (χ4v) is 2.28. The van der Waals surface area contributed by atoms with Crippen molar-refractivity contribution < 1.29 is 14.3 Å². The minimum absolute atomic E-state index is 0.123. The van der Waals surface area contributed by atoms with Gasteiger partial charge in [-0.15, -0.1) is 0 Å². The third-order valence-electron chi connectivity index (χ3n) is 3.35. The van der Waals surface area contributed by atoms with E-state index in [0.29, 0.717) is 16.4 Å². The third-order valence-corrected chi connectivity index (χ3v) is 3.60. The Morgan fingerprint density at radius 1 is 0.955 bits per heavy atom. The van der Waals surface area contributed by atoms with Crippen LogP contribution in [0.3, 0.4) is 0 Å². The van der Waals surface area contributed by atoms with Gasteiger partial charge in [-0.3, -0.25) is 4.90 Å². The molecule has 0 N–H and O–H groups in total. The van der Waals surface area contributed by atoms with Crippen LogP contribution in [0.15, 0.2) is 48.5 Å². The lowest BCUT2D eigenvalue weighted by Gasteiger charge is -2.33. The highest BCUT2D eigenvalue weighted by Gasteiger charge is 2.35. The van der Waals surface area contributed by atoms with Crippen LogP contribution in [-0.4, -0.2) is 18.9 Å². The van der Waals surface area contributed by atoms with E-state index in [9.17, 15) is 9.59 Å². The second-order valence-electron chi connectivity index (χ2n) is 4.90. The molecule has 0 bridgehead atoms. The molecule has 2 aromatic rings. The molecule has 0 aliphatic carbocycles. The number of carbonyl (C=O) groups is 2. The first-order valence-corrected chi connectivity index (χ1v) is 7.04.